The molecule has 0 aliphatic heterocycles. The molecule has 0 aliphatic carbocycles. The van der Waals surface area contributed by atoms with Crippen molar-refractivity contribution in [3.05, 3.63) is 33.6 Å². The largest absolute Gasteiger partial charge is 0.480 e. The molecule has 2 aromatic heterocycles. The molecule has 0 saturated carbocycles. The standard InChI is InChI=1S/C15H19N3O3S/c1-10-8-12(11(2)22-10)4-3-5-14(19)16-13-6-7-18(17-13)9-15(20)21/h6-8H,3-5,9H2,1-2H3,(H,20,21)(H,16,17,19). The van der Waals surface area contributed by atoms with Crippen LogP contribution >= 0.6 is 11.3 Å². The van der Waals surface area contributed by atoms with E-state index in [9.17, 15) is 9.59 Å². The van der Waals surface area contributed by atoms with Crippen LogP contribution in [-0.4, -0.2) is 26.8 Å². The van der Waals surface area contributed by atoms with Crippen molar-refractivity contribution in [3.63, 3.8) is 0 Å². The Kier molecular flexibility index (Phi) is 5.32. The number of rotatable bonds is 7. The molecule has 2 aromatic rings. The van der Waals surface area contributed by atoms with Crippen LogP contribution in [0.2, 0.25) is 0 Å². The summed E-state index contributed by atoms with van der Waals surface area (Å²) in [5, 5.41) is 15.3. The molecule has 2 heterocycles. The first-order valence-electron chi connectivity index (χ1n) is 7.05. The zero-order chi connectivity index (χ0) is 16.1. The van der Waals surface area contributed by atoms with Crippen molar-refractivity contribution in [3.8, 4) is 0 Å². The highest BCUT2D eigenvalue weighted by molar-refractivity contribution is 7.12. The molecule has 0 aliphatic rings. The summed E-state index contributed by atoms with van der Waals surface area (Å²) in [6.45, 7) is 3.97. The molecule has 0 atom stereocenters. The Morgan fingerprint density at radius 3 is 2.82 bits per heavy atom. The number of aliphatic carboxylic acids is 1. The van der Waals surface area contributed by atoms with E-state index in [4.69, 9.17) is 5.11 Å². The van der Waals surface area contributed by atoms with Gasteiger partial charge in [0, 0.05) is 28.4 Å². The lowest BCUT2D eigenvalue weighted by Crippen LogP contribution is -2.13. The molecule has 0 unspecified atom stereocenters. The molecule has 0 bridgehead atoms. The second-order valence-electron chi connectivity index (χ2n) is 5.13. The Balaban J connectivity index is 1.77. The number of anilines is 1. The minimum Gasteiger partial charge on any atom is -0.480 e. The number of amides is 1. The molecule has 0 aromatic carbocycles. The van der Waals surface area contributed by atoms with Crippen molar-refractivity contribution in [2.75, 3.05) is 5.32 Å². The normalized spacial score (nSPS) is 10.6. The molecule has 7 heteroatoms. The predicted octanol–water partition coefficient (Wildman–Crippen LogP) is 2.61. The number of aryl methyl sites for hydroxylation is 3. The molecule has 0 saturated heterocycles. The van der Waals surface area contributed by atoms with Crippen LogP contribution in [0.4, 0.5) is 5.82 Å². The van der Waals surface area contributed by atoms with Gasteiger partial charge in [-0.3, -0.25) is 14.3 Å². The fourth-order valence-corrected chi connectivity index (χ4v) is 3.21. The van der Waals surface area contributed by atoms with Gasteiger partial charge in [0.2, 0.25) is 5.91 Å². The monoisotopic (exact) mass is 321 g/mol. The van der Waals surface area contributed by atoms with E-state index >= 15 is 0 Å². The van der Waals surface area contributed by atoms with E-state index < -0.39 is 5.97 Å². The summed E-state index contributed by atoms with van der Waals surface area (Å²) in [4.78, 5) is 25.0. The average molecular weight is 321 g/mol. The van der Waals surface area contributed by atoms with E-state index in [-0.39, 0.29) is 12.5 Å². The van der Waals surface area contributed by atoms with Gasteiger partial charge in [-0.05, 0) is 38.3 Å². The summed E-state index contributed by atoms with van der Waals surface area (Å²) < 4.78 is 1.27. The van der Waals surface area contributed by atoms with E-state index in [1.807, 2.05) is 0 Å². The molecule has 118 valence electrons. The summed E-state index contributed by atoms with van der Waals surface area (Å²) in [5.41, 5.74) is 1.31. The van der Waals surface area contributed by atoms with Crippen molar-refractivity contribution in [2.24, 2.45) is 0 Å². The fourth-order valence-electron chi connectivity index (χ4n) is 2.23. The maximum Gasteiger partial charge on any atom is 0.325 e. The van der Waals surface area contributed by atoms with Crippen LogP contribution < -0.4 is 5.32 Å². The Hall–Kier alpha value is -2.15. The Morgan fingerprint density at radius 1 is 1.41 bits per heavy atom. The van der Waals surface area contributed by atoms with Gasteiger partial charge < -0.3 is 10.4 Å². The summed E-state index contributed by atoms with van der Waals surface area (Å²) in [6, 6.07) is 3.76. The van der Waals surface area contributed by atoms with Gasteiger partial charge in [0.1, 0.15) is 6.54 Å². The number of carbonyl (C=O) groups excluding carboxylic acids is 1. The number of carboxylic acid groups (broad SMARTS) is 1. The Morgan fingerprint density at radius 2 is 2.18 bits per heavy atom. The van der Waals surface area contributed by atoms with E-state index in [0.717, 1.165) is 12.8 Å². The van der Waals surface area contributed by atoms with Crippen LogP contribution in [0, 0.1) is 13.8 Å². The van der Waals surface area contributed by atoms with Gasteiger partial charge in [-0.2, -0.15) is 5.10 Å². The van der Waals surface area contributed by atoms with Gasteiger partial charge in [0.15, 0.2) is 5.82 Å². The number of carbonyl (C=O) groups is 2. The van der Waals surface area contributed by atoms with Gasteiger partial charge in [0.05, 0.1) is 0 Å². The van der Waals surface area contributed by atoms with Crippen LogP contribution in [-0.2, 0) is 22.6 Å². The van der Waals surface area contributed by atoms with Crippen LogP contribution in [0.5, 0.6) is 0 Å². The van der Waals surface area contributed by atoms with Crippen molar-refractivity contribution in [1.82, 2.24) is 9.78 Å². The molecular weight excluding hydrogens is 302 g/mol. The number of aromatic nitrogens is 2. The van der Waals surface area contributed by atoms with Gasteiger partial charge in [-0.25, -0.2) is 0 Å². The first-order valence-corrected chi connectivity index (χ1v) is 7.86. The zero-order valence-electron chi connectivity index (χ0n) is 12.6. The van der Waals surface area contributed by atoms with Gasteiger partial charge >= 0.3 is 5.97 Å². The van der Waals surface area contributed by atoms with Crippen LogP contribution in [0.3, 0.4) is 0 Å². The number of nitrogens with one attached hydrogen (secondary N) is 1. The highest BCUT2D eigenvalue weighted by Crippen LogP contribution is 2.22. The van der Waals surface area contributed by atoms with E-state index in [1.165, 1.54) is 26.2 Å². The van der Waals surface area contributed by atoms with Crippen molar-refractivity contribution < 1.29 is 14.7 Å². The van der Waals surface area contributed by atoms with Gasteiger partial charge in [-0.15, -0.1) is 11.3 Å². The summed E-state index contributed by atoms with van der Waals surface area (Å²) in [6.07, 6.45) is 3.61. The topological polar surface area (TPSA) is 84.2 Å². The quantitative estimate of drug-likeness (QED) is 0.821. The Bertz CT molecular complexity index is 675. The van der Waals surface area contributed by atoms with E-state index in [1.54, 1.807) is 17.4 Å². The van der Waals surface area contributed by atoms with Crippen LogP contribution in [0.25, 0.3) is 0 Å². The van der Waals surface area contributed by atoms with Crippen molar-refractivity contribution >= 4 is 29.0 Å². The first-order chi connectivity index (χ1) is 10.4. The molecule has 2 rings (SSSR count). The molecule has 0 radical (unpaired) electrons. The maximum atomic E-state index is 11.9. The van der Waals surface area contributed by atoms with E-state index in [0.29, 0.717) is 12.2 Å². The number of hydrogen-bond donors (Lipinski definition) is 2. The number of hydrogen-bond acceptors (Lipinski definition) is 4. The minimum atomic E-state index is -0.970. The molecule has 2 N–H and O–H groups in total. The first kappa shape index (κ1) is 16.2. The highest BCUT2D eigenvalue weighted by atomic mass is 32.1. The third kappa shape index (κ3) is 4.70. The minimum absolute atomic E-state index is 0.106. The summed E-state index contributed by atoms with van der Waals surface area (Å²) in [7, 11) is 0. The molecule has 0 spiro atoms. The summed E-state index contributed by atoms with van der Waals surface area (Å²) in [5.74, 6) is -0.693. The highest BCUT2D eigenvalue weighted by Gasteiger charge is 2.08. The molecule has 1 amide bonds. The smallest absolute Gasteiger partial charge is 0.325 e. The molecular formula is C15H19N3O3S. The lowest BCUT2D eigenvalue weighted by molar-refractivity contribution is -0.137. The number of nitrogens with zero attached hydrogens (tertiary/aromatic N) is 2. The molecule has 0 fully saturated rings. The van der Waals surface area contributed by atoms with Crippen molar-refractivity contribution in [1.29, 1.82) is 0 Å². The average Bonchev–Trinajstić information content (AvgIpc) is 2.96. The van der Waals surface area contributed by atoms with E-state index in [2.05, 4.69) is 30.3 Å². The lowest BCUT2D eigenvalue weighted by Gasteiger charge is -2.02. The van der Waals surface area contributed by atoms with Gasteiger partial charge in [-0.1, -0.05) is 0 Å². The summed E-state index contributed by atoms with van der Waals surface area (Å²) >= 11 is 1.78. The lowest BCUT2D eigenvalue weighted by atomic mass is 10.1. The second-order valence-corrected chi connectivity index (χ2v) is 6.59. The zero-order valence-corrected chi connectivity index (χ0v) is 13.4. The molecule has 6 nitrogen and oxygen atoms in total. The SMILES string of the molecule is Cc1cc(CCCC(=O)Nc2ccn(CC(=O)O)n2)c(C)s1. The predicted molar refractivity (Wildman–Crippen MR) is 85.2 cm³/mol. The maximum absolute atomic E-state index is 11.9. The van der Waals surface area contributed by atoms with Crippen LogP contribution in [0.15, 0.2) is 18.3 Å². The number of thiophene rings is 1. The van der Waals surface area contributed by atoms with Crippen LogP contribution in [0.1, 0.15) is 28.2 Å². The number of carboxylic acids is 1. The Labute approximate surface area is 132 Å². The third-order valence-electron chi connectivity index (χ3n) is 3.20. The van der Waals surface area contributed by atoms with Gasteiger partial charge in [0.25, 0.3) is 0 Å². The molecule has 22 heavy (non-hydrogen) atoms. The fraction of sp³-hybridized carbons (Fsp3) is 0.400. The second kappa shape index (κ2) is 7.22. The van der Waals surface area contributed by atoms with Crippen molar-refractivity contribution in [2.45, 2.75) is 39.7 Å². The third-order valence-corrected chi connectivity index (χ3v) is 4.21.